The van der Waals surface area contributed by atoms with Crippen molar-refractivity contribution in [1.82, 2.24) is 9.97 Å². The fourth-order valence-corrected chi connectivity index (χ4v) is 1.60. The normalized spacial score (nSPS) is 12.4. The Hall–Kier alpha value is -1.14. The summed E-state index contributed by atoms with van der Waals surface area (Å²) in [5.41, 5.74) is 5.32. The first-order valence-electron chi connectivity index (χ1n) is 4.02. The van der Waals surface area contributed by atoms with Crippen LogP contribution in [0.25, 0.3) is 0 Å². The van der Waals surface area contributed by atoms with Crippen LogP contribution >= 0.6 is 11.8 Å². The molecule has 1 atom stereocenters. The summed E-state index contributed by atoms with van der Waals surface area (Å²) in [5, 5.41) is 8.51. The molecular weight excluding hydrogens is 202 g/mol. The Morgan fingerprint density at radius 1 is 1.57 bits per heavy atom. The van der Waals surface area contributed by atoms with E-state index in [1.54, 1.807) is 18.5 Å². The summed E-state index contributed by atoms with van der Waals surface area (Å²) in [6.07, 6.45) is 3.31. The average molecular weight is 213 g/mol. The van der Waals surface area contributed by atoms with Gasteiger partial charge in [0, 0.05) is 18.1 Å². The first kappa shape index (κ1) is 10.9. The second-order valence-corrected chi connectivity index (χ2v) is 3.66. The van der Waals surface area contributed by atoms with Crippen LogP contribution in [-0.4, -0.2) is 32.8 Å². The fourth-order valence-electron chi connectivity index (χ4n) is 0.753. The first-order valence-corrected chi connectivity index (χ1v) is 5.17. The van der Waals surface area contributed by atoms with Gasteiger partial charge in [-0.3, -0.25) is 4.79 Å². The van der Waals surface area contributed by atoms with E-state index in [-0.39, 0.29) is 0 Å². The fraction of sp³-hybridized carbons (Fsp3) is 0.375. The summed E-state index contributed by atoms with van der Waals surface area (Å²) in [6, 6.07) is 0.917. The molecule has 5 nitrogen and oxygen atoms in total. The molecule has 0 bridgehead atoms. The summed E-state index contributed by atoms with van der Waals surface area (Å²) >= 11 is 1.41. The van der Waals surface area contributed by atoms with E-state index in [0.29, 0.717) is 17.3 Å². The molecule has 0 spiro atoms. The van der Waals surface area contributed by atoms with Gasteiger partial charge in [-0.25, -0.2) is 9.97 Å². The third-order valence-corrected chi connectivity index (χ3v) is 2.52. The number of carboxylic acids is 1. The highest BCUT2D eigenvalue weighted by Crippen LogP contribution is 2.08. The smallest absolute Gasteiger partial charge is 0.321 e. The monoisotopic (exact) mass is 213 g/mol. The Bertz CT molecular complexity index is 294. The lowest BCUT2D eigenvalue weighted by Gasteiger charge is -2.04. The van der Waals surface area contributed by atoms with Crippen LogP contribution in [0.2, 0.25) is 0 Å². The first-order chi connectivity index (χ1) is 6.70. The summed E-state index contributed by atoms with van der Waals surface area (Å²) in [4.78, 5) is 18.4. The molecule has 0 unspecified atom stereocenters. The maximum absolute atomic E-state index is 10.4. The largest absolute Gasteiger partial charge is 0.480 e. The number of hydrogen-bond donors (Lipinski definition) is 2. The van der Waals surface area contributed by atoms with Gasteiger partial charge in [-0.15, -0.1) is 0 Å². The van der Waals surface area contributed by atoms with Gasteiger partial charge in [0.15, 0.2) is 0 Å². The number of rotatable bonds is 5. The van der Waals surface area contributed by atoms with Crippen molar-refractivity contribution < 1.29 is 9.90 Å². The van der Waals surface area contributed by atoms with Crippen LogP contribution in [0.1, 0.15) is 5.82 Å². The lowest BCUT2D eigenvalue weighted by molar-refractivity contribution is -0.137. The van der Waals surface area contributed by atoms with Gasteiger partial charge in [0.2, 0.25) is 0 Å². The van der Waals surface area contributed by atoms with Crippen molar-refractivity contribution in [3.8, 4) is 0 Å². The van der Waals surface area contributed by atoms with Gasteiger partial charge in [0.1, 0.15) is 11.9 Å². The van der Waals surface area contributed by atoms with E-state index in [4.69, 9.17) is 10.8 Å². The van der Waals surface area contributed by atoms with Crippen LogP contribution in [0.15, 0.2) is 18.5 Å². The molecule has 3 N–H and O–H groups in total. The van der Waals surface area contributed by atoms with Crippen molar-refractivity contribution >= 4 is 17.7 Å². The Morgan fingerprint density at radius 2 is 2.21 bits per heavy atom. The average Bonchev–Trinajstić information content (AvgIpc) is 2.19. The van der Waals surface area contributed by atoms with Crippen molar-refractivity contribution in [2.24, 2.45) is 5.73 Å². The zero-order valence-corrected chi connectivity index (χ0v) is 8.28. The molecule has 14 heavy (non-hydrogen) atoms. The quantitative estimate of drug-likeness (QED) is 0.722. The van der Waals surface area contributed by atoms with Gasteiger partial charge in [0.25, 0.3) is 0 Å². The molecule has 0 aliphatic heterocycles. The predicted octanol–water partition coefficient (Wildman–Crippen LogP) is 0.122. The number of carboxylic acid groups (broad SMARTS) is 1. The standard InChI is InChI=1S/C8H11N3O2S/c9-6(8(12)13)4-14-5-7-10-2-1-3-11-7/h1-3,6H,4-5,9H2,(H,12,13)/t6-/m1/s1. The lowest BCUT2D eigenvalue weighted by Crippen LogP contribution is -2.32. The summed E-state index contributed by atoms with van der Waals surface area (Å²) in [5.74, 6) is 0.664. The molecule has 1 heterocycles. The van der Waals surface area contributed by atoms with Gasteiger partial charge in [-0.05, 0) is 6.07 Å². The predicted molar refractivity (Wildman–Crippen MR) is 53.8 cm³/mol. The van der Waals surface area contributed by atoms with E-state index < -0.39 is 12.0 Å². The number of nitrogens with zero attached hydrogens (tertiary/aromatic N) is 2. The Kier molecular flexibility index (Phi) is 4.34. The Labute approximate surface area is 85.7 Å². The van der Waals surface area contributed by atoms with Crippen LogP contribution in [-0.2, 0) is 10.5 Å². The van der Waals surface area contributed by atoms with Gasteiger partial charge >= 0.3 is 5.97 Å². The van der Waals surface area contributed by atoms with Crippen LogP contribution < -0.4 is 5.73 Å². The van der Waals surface area contributed by atoms with Gasteiger partial charge in [0.05, 0.1) is 5.75 Å². The second kappa shape index (κ2) is 5.56. The molecular formula is C8H11N3O2S. The number of aliphatic carboxylic acids is 1. The van der Waals surface area contributed by atoms with Crippen LogP contribution in [0.3, 0.4) is 0 Å². The Balaban J connectivity index is 2.26. The van der Waals surface area contributed by atoms with Crippen molar-refractivity contribution in [3.63, 3.8) is 0 Å². The highest BCUT2D eigenvalue weighted by molar-refractivity contribution is 7.98. The zero-order valence-electron chi connectivity index (χ0n) is 7.46. The topological polar surface area (TPSA) is 89.1 Å². The number of hydrogen-bond acceptors (Lipinski definition) is 5. The van der Waals surface area contributed by atoms with Crippen molar-refractivity contribution in [3.05, 3.63) is 24.3 Å². The molecule has 6 heteroatoms. The Morgan fingerprint density at radius 3 is 2.79 bits per heavy atom. The van der Waals surface area contributed by atoms with E-state index in [1.165, 1.54) is 11.8 Å². The maximum Gasteiger partial charge on any atom is 0.321 e. The van der Waals surface area contributed by atoms with Crippen LogP contribution in [0.4, 0.5) is 0 Å². The molecule has 1 rings (SSSR count). The number of carbonyl (C=O) groups is 1. The van der Waals surface area contributed by atoms with Gasteiger partial charge < -0.3 is 10.8 Å². The van der Waals surface area contributed by atoms with Crippen molar-refractivity contribution in [2.45, 2.75) is 11.8 Å². The minimum absolute atomic E-state index is 0.369. The highest BCUT2D eigenvalue weighted by Gasteiger charge is 2.10. The van der Waals surface area contributed by atoms with E-state index in [9.17, 15) is 4.79 Å². The molecule has 0 aromatic carbocycles. The summed E-state index contributed by atoms with van der Waals surface area (Å²) < 4.78 is 0. The number of aromatic nitrogens is 2. The summed E-state index contributed by atoms with van der Waals surface area (Å²) in [7, 11) is 0. The van der Waals surface area contributed by atoms with Crippen molar-refractivity contribution in [2.75, 3.05) is 5.75 Å². The molecule has 0 saturated carbocycles. The molecule has 0 aliphatic rings. The second-order valence-electron chi connectivity index (χ2n) is 2.62. The third kappa shape index (κ3) is 3.71. The molecule has 0 fully saturated rings. The van der Waals surface area contributed by atoms with Gasteiger partial charge in [-0.2, -0.15) is 11.8 Å². The SMILES string of the molecule is N[C@H](CSCc1ncccn1)C(=O)O. The lowest BCUT2D eigenvalue weighted by atomic mass is 10.4. The molecule has 0 aliphatic carbocycles. The molecule has 0 radical (unpaired) electrons. The molecule has 76 valence electrons. The maximum atomic E-state index is 10.4. The highest BCUT2D eigenvalue weighted by atomic mass is 32.2. The van der Waals surface area contributed by atoms with Crippen LogP contribution in [0.5, 0.6) is 0 Å². The van der Waals surface area contributed by atoms with E-state index in [1.807, 2.05) is 0 Å². The number of nitrogens with two attached hydrogens (primary N) is 1. The molecule has 1 aromatic rings. The molecule has 1 aromatic heterocycles. The van der Waals surface area contributed by atoms with E-state index in [2.05, 4.69) is 9.97 Å². The zero-order chi connectivity index (χ0) is 10.4. The van der Waals surface area contributed by atoms with Crippen molar-refractivity contribution in [1.29, 1.82) is 0 Å². The third-order valence-electron chi connectivity index (χ3n) is 1.47. The molecule has 0 saturated heterocycles. The van der Waals surface area contributed by atoms with E-state index >= 15 is 0 Å². The van der Waals surface area contributed by atoms with E-state index in [0.717, 1.165) is 0 Å². The van der Waals surface area contributed by atoms with Gasteiger partial charge in [-0.1, -0.05) is 0 Å². The van der Waals surface area contributed by atoms with Crippen LogP contribution in [0, 0.1) is 0 Å². The number of thioether (sulfide) groups is 1. The minimum Gasteiger partial charge on any atom is -0.480 e. The minimum atomic E-state index is -0.980. The molecule has 0 amide bonds. The summed E-state index contributed by atoms with van der Waals surface area (Å²) in [6.45, 7) is 0.